The standard InChI is InChI=1S/C22H29FN4O2S/c1-22(2,23)12-26-30(28,29)21-8-16-15(5-6-20(16)27-10-14(24)11-27)18-9-25-19(7-17(18)21)13-3-4-13/h7-9,13-14,20,26H,3-6,10-12,24H2,1-2H3. The molecule has 1 saturated heterocycles. The number of nitrogens with two attached hydrogens (primary N) is 1. The number of fused-ring (bicyclic) bond motifs is 3. The van der Waals surface area contributed by atoms with Gasteiger partial charge in [0.2, 0.25) is 10.0 Å². The van der Waals surface area contributed by atoms with Crippen molar-refractivity contribution in [2.75, 3.05) is 19.6 Å². The molecule has 3 N–H and O–H groups in total. The Labute approximate surface area is 177 Å². The van der Waals surface area contributed by atoms with Crippen LogP contribution in [-0.2, 0) is 16.4 Å². The summed E-state index contributed by atoms with van der Waals surface area (Å²) in [5.74, 6) is 0.422. The lowest BCUT2D eigenvalue weighted by molar-refractivity contribution is 0.0941. The number of nitrogens with one attached hydrogen (secondary N) is 1. The number of hydrogen-bond donors (Lipinski definition) is 2. The minimum atomic E-state index is -3.87. The Balaban J connectivity index is 1.63. The Morgan fingerprint density at radius 3 is 2.60 bits per heavy atom. The normalized spacial score (nSPS) is 23.0. The minimum Gasteiger partial charge on any atom is -0.325 e. The van der Waals surface area contributed by atoms with Gasteiger partial charge in [0.1, 0.15) is 5.67 Å². The molecule has 1 aromatic carbocycles. The van der Waals surface area contributed by atoms with Gasteiger partial charge in [0.05, 0.1) is 4.90 Å². The third kappa shape index (κ3) is 3.64. The Morgan fingerprint density at radius 1 is 1.23 bits per heavy atom. The van der Waals surface area contributed by atoms with E-state index in [2.05, 4.69) is 14.6 Å². The lowest BCUT2D eigenvalue weighted by atomic mass is 9.98. The maximum absolute atomic E-state index is 14.0. The molecule has 0 bridgehead atoms. The number of aromatic nitrogens is 1. The van der Waals surface area contributed by atoms with Crippen molar-refractivity contribution >= 4 is 20.8 Å². The molecule has 2 aliphatic carbocycles. The van der Waals surface area contributed by atoms with E-state index >= 15 is 0 Å². The van der Waals surface area contributed by atoms with Crippen molar-refractivity contribution in [2.24, 2.45) is 5.73 Å². The zero-order valence-corrected chi connectivity index (χ0v) is 18.3. The van der Waals surface area contributed by atoms with E-state index in [9.17, 15) is 12.8 Å². The molecular formula is C22H29FN4O2S. The van der Waals surface area contributed by atoms with Gasteiger partial charge in [0.25, 0.3) is 0 Å². The van der Waals surface area contributed by atoms with Crippen LogP contribution in [0.3, 0.4) is 0 Å². The van der Waals surface area contributed by atoms with E-state index in [4.69, 9.17) is 5.73 Å². The number of halogens is 1. The highest BCUT2D eigenvalue weighted by Crippen LogP contribution is 2.45. The molecule has 1 saturated carbocycles. The number of pyridine rings is 1. The van der Waals surface area contributed by atoms with E-state index in [0.29, 0.717) is 11.3 Å². The van der Waals surface area contributed by atoms with Crippen molar-refractivity contribution < 1.29 is 12.8 Å². The summed E-state index contributed by atoms with van der Waals surface area (Å²) in [6.45, 7) is 4.14. The first-order valence-electron chi connectivity index (χ1n) is 10.8. The van der Waals surface area contributed by atoms with Gasteiger partial charge in [-0.1, -0.05) is 0 Å². The number of aryl methyl sites for hydroxylation is 1. The Hall–Kier alpha value is -1.61. The highest BCUT2D eigenvalue weighted by atomic mass is 32.2. The van der Waals surface area contributed by atoms with Gasteiger partial charge in [-0.05, 0) is 62.8 Å². The van der Waals surface area contributed by atoms with E-state index in [1.165, 1.54) is 19.4 Å². The average Bonchev–Trinajstić information content (AvgIpc) is 3.42. The van der Waals surface area contributed by atoms with E-state index in [-0.39, 0.29) is 23.5 Å². The fourth-order valence-corrected chi connectivity index (χ4v) is 6.17. The topological polar surface area (TPSA) is 88.3 Å². The SMILES string of the molecule is CC(C)(F)CNS(=O)(=O)c1cc2c(c3cnc(C4CC4)cc13)CCC2N1CC(N)C1. The van der Waals surface area contributed by atoms with E-state index in [1.54, 1.807) is 0 Å². The molecule has 3 aliphatic rings. The third-order valence-corrected chi connectivity index (χ3v) is 7.97. The summed E-state index contributed by atoms with van der Waals surface area (Å²) in [6, 6.07) is 4.13. The molecule has 6 nitrogen and oxygen atoms in total. The molecule has 2 fully saturated rings. The second kappa shape index (κ2) is 6.95. The van der Waals surface area contributed by atoms with Gasteiger partial charge < -0.3 is 5.73 Å². The molecule has 1 unspecified atom stereocenters. The number of sulfonamides is 1. The van der Waals surface area contributed by atoms with Gasteiger partial charge in [0, 0.05) is 60.3 Å². The molecule has 1 atom stereocenters. The van der Waals surface area contributed by atoms with Crippen LogP contribution in [-0.4, -0.2) is 49.6 Å². The summed E-state index contributed by atoms with van der Waals surface area (Å²) >= 11 is 0. The number of likely N-dealkylation sites (tertiary alicyclic amines) is 1. The molecule has 0 radical (unpaired) electrons. The third-order valence-electron chi connectivity index (χ3n) is 6.52. The second-order valence-electron chi connectivity index (χ2n) is 9.68. The van der Waals surface area contributed by atoms with Crippen molar-refractivity contribution in [2.45, 2.75) is 68.1 Å². The smallest absolute Gasteiger partial charge is 0.241 e. The van der Waals surface area contributed by atoms with Gasteiger partial charge in [-0.25, -0.2) is 17.5 Å². The Kier molecular flexibility index (Phi) is 4.70. The van der Waals surface area contributed by atoms with Crippen LogP contribution in [0.25, 0.3) is 10.8 Å². The quantitative estimate of drug-likeness (QED) is 0.733. The van der Waals surface area contributed by atoms with Crippen molar-refractivity contribution in [1.29, 1.82) is 0 Å². The van der Waals surface area contributed by atoms with Crippen LogP contribution in [0, 0.1) is 0 Å². The second-order valence-corrected chi connectivity index (χ2v) is 11.4. The molecule has 0 amide bonds. The number of rotatable bonds is 6. The van der Waals surface area contributed by atoms with Crippen LogP contribution in [0.1, 0.15) is 61.9 Å². The predicted molar refractivity (Wildman–Crippen MR) is 115 cm³/mol. The van der Waals surface area contributed by atoms with E-state index in [0.717, 1.165) is 55.4 Å². The first-order valence-corrected chi connectivity index (χ1v) is 12.2. The summed E-state index contributed by atoms with van der Waals surface area (Å²) in [5, 5.41) is 1.61. The minimum absolute atomic E-state index is 0.180. The van der Waals surface area contributed by atoms with Gasteiger partial charge >= 0.3 is 0 Å². The molecule has 30 heavy (non-hydrogen) atoms. The van der Waals surface area contributed by atoms with E-state index in [1.807, 2.05) is 18.3 Å². The first-order chi connectivity index (χ1) is 14.1. The fraction of sp³-hybridized carbons (Fsp3) is 0.591. The van der Waals surface area contributed by atoms with Crippen LogP contribution < -0.4 is 10.5 Å². The van der Waals surface area contributed by atoms with Gasteiger partial charge in [-0.15, -0.1) is 0 Å². The van der Waals surface area contributed by atoms with Crippen molar-refractivity contribution in [3.63, 3.8) is 0 Å². The van der Waals surface area contributed by atoms with Crippen LogP contribution >= 0.6 is 0 Å². The van der Waals surface area contributed by atoms with Crippen LogP contribution in [0.2, 0.25) is 0 Å². The summed E-state index contributed by atoms with van der Waals surface area (Å²) in [4.78, 5) is 7.22. The largest absolute Gasteiger partial charge is 0.325 e. The van der Waals surface area contributed by atoms with Crippen LogP contribution in [0.4, 0.5) is 4.39 Å². The van der Waals surface area contributed by atoms with Gasteiger partial charge in [-0.3, -0.25) is 9.88 Å². The molecule has 0 spiro atoms. The first kappa shape index (κ1) is 20.3. The Morgan fingerprint density at radius 2 is 1.97 bits per heavy atom. The van der Waals surface area contributed by atoms with Crippen LogP contribution in [0.15, 0.2) is 23.2 Å². The Bertz CT molecular complexity index is 1100. The molecule has 8 heteroatoms. The number of alkyl halides is 1. The molecule has 162 valence electrons. The number of nitrogens with zero attached hydrogens (tertiary/aromatic N) is 2. The highest BCUT2D eigenvalue weighted by Gasteiger charge is 2.37. The molecule has 5 rings (SSSR count). The molecule has 2 aromatic rings. The van der Waals surface area contributed by atoms with E-state index < -0.39 is 15.7 Å². The summed E-state index contributed by atoms with van der Waals surface area (Å²) in [7, 11) is -3.87. The number of benzene rings is 1. The van der Waals surface area contributed by atoms with Gasteiger partial charge in [-0.2, -0.15) is 0 Å². The predicted octanol–water partition coefficient (Wildman–Crippen LogP) is 2.77. The summed E-state index contributed by atoms with van der Waals surface area (Å²) in [6.07, 6.45) is 5.90. The lowest BCUT2D eigenvalue weighted by Gasteiger charge is -2.41. The highest BCUT2D eigenvalue weighted by molar-refractivity contribution is 7.89. The number of hydrogen-bond acceptors (Lipinski definition) is 5. The molecular weight excluding hydrogens is 403 g/mol. The average molecular weight is 433 g/mol. The van der Waals surface area contributed by atoms with Crippen LogP contribution in [0.5, 0.6) is 0 Å². The molecule has 1 aromatic heterocycles. The molecule has 2 heterocycles. The van der Waals surface area contributed by atoms with Crippen molar-refractivity contribution in [1.82, 2.24) is 14.6 Å². The zero-order valence-electron chi connectivity index (χ0n) is 17.5. The maximum atomic E-state index is 14.0. The monoisotopic (exact) mass is 432 g/mol. The lowest BCUT2D eigenvalue weighted by Crippen LogP contribution is -2.56. The van der Waals surface area contributed by atoms with Crippen molar-refractivity contribution in [3.8, 4) is 0 Å². The molecule has 1 aliphatic heterocycles. The summed E-state index contributed by atoms with van der Waals surface area (Å²) < 4.78 is 43.1. The van der Waals surface area contributed by atoms with Crippen molar-refractivity contribution in [3.05, 3.63) is 35.2 Å². The zero-order chi connectivity index (χ0) is 21.3. The van der Waals surface area contributed by atoms with Gasteiger partial charge in [0.15, 0.2) is 0 Å². The maximum Gasteiger partial charge on any atom is 0.241 e. The summed E-state index contributed by atoms with van der Waals surface area (Å²) in [5.41, 5.74) is 7.55. The fourth-order valence-electron chi connectivity index (χ4n) is 4.74.